The Labute approximate surface area is 258 Å². The molecule has 0 spiro atoms. The van der Waals surface area contributed by atoms with E-state index in [1.165, 1.54) is 12.1 Å². The second-order valence-corrected chi connectivity index (χ2v) is 17.1. The minimum Gasteiger partial charge on any atom is -0.497 e. The number of nitrogens with one attached hydrogen (secondary N) is 1. The zero-order chi connectivity index (χ0) is 31.5. The normalized spacial score (nSPS) is 12.7. The van der Waals surface area contributed by atoms with Gasteiger partial charge in [0.15, 0.2) is 14.0 Å². The molecular formula is C33H39FN6O3Si. The summed E-state index contributed by atoms with van der Waals surface area (Å²) >= 11 is 0. The summed E-state index contributed by atoms with van der Waals surface area (Å²) in [6.07, 6.45) is 3.29. The van der Waals surface area contributed by atoms with Gasteiger partial charge >= 0.3 is 0 Å². The van der Waals surface area contributed by atoms with Crippen LogP contribution >= 0.6 is 0 Å². The molecule has 1 atom stereocenters. The zero-order valence-electron chi connectivity index (χ0n) is 26.3. The first-order valence-corrected chi connectivity index (χ1v) is 17.5. The van der Waals surface area contributed by atoms with Crippen LogP contribution < -0.4 is 14.8 Å². The third-order valence-electron chi connectivity index (χ3n) is 8.09. The molecule has 230 valence electrons. The Kier molecular flexibility index (Phi) is 8.98. The third kappa shape index (κ3) is 7.06. The van der Waals surface area contributed by atoms with Crippen molar-refractivity contribution in [3.63, 3.8) is 0 Å². The van der Waals surface area contributed by atoms with Crippen molar-refractivity contribution in [2.45, 2.75) is 65.1 Å². The minimum atomic E-state index is -1.94. The Morgan fingerprint density at radius 1 is 0.955 bits per heavy atom. The predicted octanol–water partition coefficient (Wildman–Crippen LogP) is 7.61. The van der Waals surface area contributed by atoms with Crippen LogP contribution in [-0.4, -0.2) is 40.0 Å². The first-order valence-electron chi connectivity index (χ1n) is 14.6. The fraction of sp³-hybridized carbons (Fsp3) is 0.333. The Balaban J connectivity index is 1.34. The average molecular weight is 615 g/mol. The molecule has 0 radical (unpaired) electrons. The molecular weight excluding hydrogens is 575 g/mol. The molecule has 0 amide bonds. The number of rotatable bonds is 11. The molecule has 0 aliphatic rings. The fourth-order valence-corrected chi connectivity index (χ4v) is 5.33. The van der Waals surface area contributed by atoms with Crippen molar-refractivity contribution >= 4 is 19.8 Å². The number of anilines is 1. The lowest BCUT2D eigenvalue weighted by atomic mass is 10.1. The topological polar surface area (TPSA) is 95.7 Å². The molecule has 0 bridgehead atoms. The van der Waals surface area contributed by atoms with Crippen molar-refractivity contribution in [2.24, 2.45) is 0 Å². The van der Waals surface area contributed by atoms with E-state index in [2.05, 4.69) is 54.1 Å². The predicted molar refractivity (Wildman–Crippen MR) is 172 cm³/mol. The number of methoxy groups -OCH3 is 1. The molecule has 9 nitrogen and oxygen atoms in total. The molecule has 0 aliphatic carbocycles. The van der Waals surface area contributed by atoms with E-state index in [1.54, 1.807) is 30.2 Å². The highest BCUT2D eigenvalue weighted by Gasteiger charge is 2.37. The summed E-state index contributed by atoms with van der Waals surface area (Å²) in [6, 6.07) is 17.5. The van der Waals surface area contributed by atoms with Gasteiger partial charge in [0, 0.05) is 5.56 Å². The maximum Gasteiger partial charge on any atom is 0.192 e. The highest BCUT2D eigenvalue weighted by molar-refractivity contribution is 6.74. The molecule has 2 aromatic carbocycles. The second kappa shape index (κ2) is 12.7. The maximum atomic E-state index is 14.4. The number of hydrogen-bond donors (Lipinski definition) is 1. The van der Waals surface area contributed by atoms with E-state index in [0.29, 0.717) is 41.7 Å². The van der Waals surface area contributed by atoms with Gasteiger partial charge in [0.1, 0.15) is 41.8 Å². The molecule has 0 saturated carbocycles. The SMILES string of the molecule is COc1ccc(COc2ccc(F)cc2C(C)Nc2ccc3ncc(-c4cc(CO[Si](C)(C)C(C)(C)C)ncn4)n3n2)cc1. The van der Waals surface area contributed by atoms with E-state index in [4.69, 9.17) is 19.0 Å². The first kappa shape index (κ1) is 31.1. The molecule has 1 N–H and O–H groups in total. The van der Waals surface area contributed by atoms with Crippen LogP contribution in [0.5, 0.6) is 11.5 Å². The lowest BCUT2D eigenvalue weighted by Crippen LogP contribution is -2.40. The van der Waals surface area contributed by atoms with Gasteiger partial charge in [-0.2, -0.15) is 0 Å². The van der Waals surface area contributed by atoms with E-state index < -0.39 is 8.32 Å². The number of imidazole rings is 1. The van der Waals surface area contributed by atoms with Gasteiger partial charge in [-0.15, -0.1) is 5.10 Å². The summed E-state index contributed by atoms with van der Waals surface area (Å²) in [5.41, 5.74) is 4.53. The van der Waals surface area contributed by atoms with Gasteiger partial charge in [-0.05, 0) is 79.2 Å². The molecule has 1 unspecified atom stereocenters. The average Bonchev–Trinajstić information content (AvgIpc) is 3.42. The number of aromatic nitrogens is 5. The van der Waals surface area contributed by atoms with Gasteiger partial charge in [0.2, 0.25) is 0 Å². The Bertz CT molecular complexity index is 1740. The summed E-state index contributed by atoms with van der Waals surface area (Å²) in [4.78, 5) is 13.5. The van der Waals surface area contributed by atoms with Crippen molar-refractivity contribution in [1.29, 1.82) is 0 Å². The summed E-state index contributed by atoms with van der Waals surface area (Å²) in [5, 5.41) is 8.29. The van der Waals surface area contributed by atoms with Crippen LogP contribution in [0, 0.1) is 5.82 Å². The second-order valence-electron chi connectivity index (χ2n) is 12.3. The number of fused-ring (bicyclic) bond motifs is 1. The van der Waals surface area contributed by atoms with Crippen molar-refractivity contribution in [3.8, 4) is 22.9 Å². The number of halogens is 1. The number of benzene rings is 2. The standard InChI is InChI=1S/C33H39FN6O3Si/c1-22(27-16-24(34)10-13-30(27)42-19-23-8-11-26(41-5)12-9-23)38-31-14-15-32-35-18-29(40(32)39-31)28-17-25(36-21-37-28)20-43-44(6,7)33(2,3)4/h8-18,21-22H,19-20H2,1-7H3,(H,38,39). The third-order valence-corrected chi connectivity index (χ3v) is 12.6. The van der Waals surface area contributed by atoms with Gasteiger partial charge in [-0.25, -0.2) is 23.9 Å². The molecule has 44 heavy (non-hydrogen) atoms. The lowest BCUT2D eigenvalue weighted by Gasteiger charge is -2.36. The molecule has 3 aromatic heterocycles. The molecule has 11 heteroatoms. The monoisotopic (exact) mass is 614 g/mol. The van der Waals surface area contributed by atoms with E-state index in [-0.39, 0.29) is 16.9 Å². The summed E-state index contributed by atoms with van der Waals surface area (Å²) < 4.78 is 33.8. The van der Waals surface area contributed by atoms with E-state index in [0.717, 1.165) is 22.7 Å². The highest BCUT2D eigenvalue weighted by Crippen LogP contribution is 2.37. The van der Waals surface area contributed by atoms with Crippen molar-refractivity contribution in [3.05, 3.63) is 95.8 Å². The van der Waals surface area contributed by atoms with Crippen molar-refractivity contribution in [1.82, 2.24) is 24.6 Å². The molecule has 3 heterocycles. The minimum absolute atomic E-state index is 0.101. The Morgan fingerprint density at radius 2 is 1.73 bits per heavy atom. The van der Waals surface area contributed by atoms with Crippen LogP contribution in [0.25, 0.3) is 17.0 Å². The van der Waals surface area contributed by atoms with Gasteiger partial charge < -0.3 is 19.2 Å². The van der Waals surface area contributed by atoms with Crippen LogP contribution in [0.1, 0.15) is 50.6 Å². The molecule has 0 aliphatic heterocycles. The van der Waals surface area contributed by atoms with E-state index in [1.807, 2.05) is 49.4 Å². The van der Waals surface area contributed by atoms with E-state index in [9.17, 15) is 4.39 Å². The quantitative estimate of drug-likeness (QED) is 0.152. The zero-order valence-corrected chi connectivity index (χ0v) is 27.3. The largest absolute Gasteiger partial charge is 0.497 e. The number of ether oxygens (including phenoxy) is 2. The van der Waals surface area contributed by atoms with Crippen molar-refractivity contribution < 1.29 is 18.3 Å². The Morgan fingerprint density at radius 3 is 2.45 bits per heavy atom. The number of hydrogen-bond acceptors (Lipinski definition) is 8. The fourth-order valence-electron chi connectivity index (χ4n) is 4.38. The summed E-state index contributed by atoms with van der Waals surface area (Å²) in [6.45, 7) is 13.8. The maximum absolute atomic E-state index is 14.4. The van der Waals surface area contributed by atoms with Crippen molar-refractivity contribution in [2.75, 3.05) is 12.4 Å². The summed E-state index contributed by atoms with van der Waals surface area (Å²) in [5.74, 6) is 1.60. The number of nitrogens with zero attached hydrogens (tertiary/aromatic N) is 5. The molecule has 5 aromatic rings. The summed E-state index contributed by atoms with van der Waals surface area (Å²) in [7, 11) is -0.307. The van der Waals surface area contributed by atoms with Crippen LogP contribution in [0.15, 0.2) is 73.2 Å². The molecule has 0 saturated heterocycles. The van der Waals surface area contributed by atoms with Gasteiger partial charge in [0.05, 0.1) is 37.3 Å². The van der Waals surface area contributed by atoms with Crippen LogP contribution in [-0.2, 0) is 17.6 Å². The van der Waals surface area contributed by atoms with Crippen LogP contribution in [0.4, 0.5) is 10.2 Å². The van der Waals surface area contributed by atoms with Gasteiger partial charge in [-0.1, -0.05) is 32.9 Å². The first-order chi connectivity index (χ1) is 20.9. The van der Waals surface area contributed by atoms with Crippen LogP contribution in [0.2, 0.25) is 18.1 Å². The van der Waals surface area contributed by atoms with Gasteiger partial charge in [0.25, 0.3) is 0 Å². The van der Waals surface area contributed by atoms with Crippen LogP contribution in [0.3, 0.4) is 0 Å². The smallest absolute Gasteiger partial charge is 0.192 e. The van der Waals surface area contributed by atoms with E-state index >= 15 is 0 Å². The Hall–Kier alpha value is -4.35. The molecule has 5 rings (SSSR count). The highest BCUT2D eigenvalue weighted by atomic mass is 28.4. The van der Waals surface area contributed by atoms with Gasteiger partial charge in [-0.3, -0.25) is 0 Å². The lowest BCUT2D eigenvalue weighted by molar-refractivity contribution is 0.272. The molecule has 0 fully saturated rings.